The number of hydrogen-bond donors (Lipinski definition) is 2. The number of carbonyl (C=O) groups is 1. The number of benzene rings is 1. The highest BCUT2D eigenvalue weighted by atomic mass is 79.9. The molecule has 0 fully saturated rings. The van der Waals surface area contributed by atoms with E-state index in [2.05, 4.69) is 38.1 Å². The zero-order valence-corrected chi connectivity index (χ0v) is 13.6. The van der Waals surface area contributed by atoms with Gasteiger partial charge in [0, 0.05) is 25.5 Å². The summed E-state index contributed by atoms with van der Waals surface area (Å²) in [6, 6.07) is 7.37. The molecule has 0 bridgehead atoms. The Hall–Kier alpha value is -2.41. The minimum atomic E-state index is -0.235. The van der Waals surface area contributed by atoms with Gasteiger partial charge in [0.15, 0.2) is 5.82 Å². The van der Waals surface area contributed by atoms with Gasteiger partial charge in [0.1, 0.15) is 4.60 Å². The third-order valence-corrected chi connectivity index (χ3v) is 3.27. The van der Waals surface area contributed by atoms with E-state index < -0.39 is 0 Å². The zero-order chi connectivity index (χ0) is 16.1. The Labute approximate surface area is 136 Å². The molecule has 2 aromatic rings. The van der Waals surface area contributed by atoms with Crippen molar-refractivity contribution >= 4 is 33.3 Å². The number of aromatic nitrogens is 2. The lowest BCUT2D eigenvalue weighted by molar-refractivity contribution is -0.116. The van der Waals surface area contributed by atoms with Crippen LogP contribution in [0.5, 0.6) is 0 Å². The van der Waals surface area contributed by atoms with Gasteiger partial charge in [-0.3, -0.25) is 9.59 Å². The van der Waals surface area contributed by atoms with Gasteiger partial charge in [-0.25, -0.2) is 4.98 Å². The van der Waals surface area contributed by atoms with E-state index in [-0.39, 0.29) is 17.3 Å². The normalized spacial score (nSPS) is 10.1. The number of halogens is 1. The summed E-state index contributed by atoms with van der Waals surface area (Å²) in [4.78, 5) is 27.3. The first-order chi connectivity index (χ1) is 10.5. The van der Waals surface area contributed by atoms with Crippen molar-refractivity contribution in [3.05, 3.63) is 63.6 Å². The summed E-state index contributed by atoms with van der Waals surface area (Å²) < 4.78 is 2.00. The molecule has 0 saturated heterocycles. The summed E-state index contributed by atoms with van der Waals surface area (Å²) >= 11 is 3.26. The molecule has 1 heterocycles. The third-order valence-electron chi connectivity index (χ3n) is 2.88. The van der Waals surface area contributed by atoms with Crippen molar-refractivity contribution in [2.45, 2.75) is 6.54 Å². The van der Waals surface area contributed by atoms with Crippen molar-refractivity contribution in [2.24, 2.45) is 7.05 Å². The summed E-state index contributed by atoms with van der Waals surface area (Å²) in [5.74, 6) is -0.00922. The SMILES string of the molecule is C=CC(=O)NCc1cccc(Nc2nc(Br)cn(C)c2=O)c1. The lowest BCUT2D eigenvalue weighted by atomic mass is 10.2. The molecule has 0 atom stereocenters. The van der Waals surface area contributed by atoms with Crippen LogP contribution in [0.2, 0.25) is 0 Å². The second-order valence-electron chi connectivity index (χ2n) is 4.58. The van der Waals surface area contributed by atoms with E-state index in [4.69, 9.17) is 0 Å². The molecule has 2 rings (SSSR count). The van der Waals surface area contributed by atoms with Gasteiger partial charge in [-0.05, 0) is 39.7 Å². The molecule has 1 aromatic carbocycles. The summed E-state index contributed by atoms with van der Waals surface area (Å²) in [7, 11) is 1.65. The van der Waals surface area contributed by atoms with Gasteiger partial charge < -0.3 is 15.2 Å². The Morgan fingerprint density at radius 1 is 1.50 bits per heavy atom. The number of carbonyl (C=O) groups excluding carboxylic acids is 1. The number of rotatable bonds is 5. The molecular formula is C15H15BrN4O2. The third kappa shape index (κ3) is 4.05. The Balaban J connectivity index is 2.19. The maximum atomic E-state index is 12.0. The van der Waals surface area contributed by atoms with Crippen molar-refractivity contribution in [1.29, 1.82) is 0 Å². The van der Waals surface area contributed by atoms with Gasteiger partial charge in [-0.1, -0.05) is 18.7 Å². The first-order valence-corrected chi connectivity index (χ1v) is 7.28. The van der Waals surface area contributed by atoms with Crippen LogP contribution in [-0.2, 0) is 18.4 Å². The van der Waals surface area contributed by atoms with Crippen LogP contribution < -0.4 is 16.2 Å². The fourth-order valence-electron chi connectivity index (χ4n) is 1.81. The first-order valence-electron chi connectivity index (χ1n) is 6.49. The van der Waals surface area contributed by atoms with E-state index in [0.29, 0.717) is 16.8 Å². The summed E-state index contributed by atoms with van der Waals surface area (Å²) in [5.41, 5.74) is 1.38. The van der Waals surface area contributed by atoms with E-state index >= 15 is 0 Å². The van der Waals surface area contributed by atoms with Gasteiger partial charge in [0.25, 0.3) is 5.56 Å². The largest absolute Gasteiger partial charge is 0.348 e. The van der Waals surface area contributed by atoms with Crippen LogP contribution in [0.3, 0.4) is 0 Å². The predicted molar refractivity (Wildman–Crippen MR) is 88.9 cm³/mol. The monoisotopic (exact) mass is 362 g/mol. The van der Waals surface area contributed by atoms with Gasteiger partial charge >= 0.3 is 0 Å². The molecule has 2 N–H and O–H groups in total. The molecule has 0 aliphatic heterocycles. The van der Waals surface area contributed by atoms with Gasteiger partial charge in [0.2, 0.25) is 5.91 Å². The van der Waals surface area contributed by atoms with Crippen LogP contribution >= 0.6 is 15.9 Å². The van der Waals surface area contributed by atoms with Crippen LogP contribution in [0, 0.1) is 0 Å². The lowest BCUT2D eigenvalue weighted by Crippen LogP contribution is -2.21. The van der Waals surface area contributed by atoms with Crippen molar-refractivity contribution in [2.75, 3.05) is 5.32 Å². The molecule has 0 spiro atoms. The Kier molecular flexibility index (Phi) is 5.11. The maximum absolute atomic E-state index is 12.0. The highest BCUT2D eigenvalue weighted by molar-refractivity contribution is 9.10. The van der Waals surface area contributed by atoms with Crippen LogP contribution in [0.25, 0.3) is 0 Å². The van der Waals surface area contributed by atoms with Crippen LogP contribution in [0.1, 0.15) is 5.56 Å². The maximum Gasteiger partial charge on any atom is 0.293 e. The molecule has 1 amide bonds. The Bertz CT molecular complexity index is 770. The first kappa shape index (κ1) is 16.0. The van der Waals surface area contributed by atoms with E-state index in [1.165, 1.54) is 10.6 Å². The van der Waals surface area contributed by atoms with E-state index in [1.54, 1.807) is 13.2 Å². The number of nitrogens with zero attached hydrogens (tertiary/aromatic N) is 2. The quantitative estimate of drug-likeness (QED) is 0.798. The number of amides is 1. The standard InChI is InChI=1S/C15H15BrN4O2/c1-3-13(21)17-8-10-5-4-6-11(7-10)18-14-15(22)20(2)9-12(16)19-14/h3-7,9H,1,8H2,2H3,(H,17,21)(H,18,19). The minimum absolute atomic E-state index is 0.226. The van der Waals surface area contributed by atoms with Crippen molar-refractivity contribution in [3.63, 3.8) is 0 Å². The second-order valence-corrected chi connectivity index (χ2v) is 5.39. The number of anilines is 2. The number of aryl methyl sites for hydroxylation is 1. The number of hydrogen-bond acceptors (Lipinski definition) is 4. The fraction of sp³-hybridized carbons (Fsp3) is 0.133. The molecule has 0 unspecified atom stereocenters. The highest BCUT2D eigenvalue weighted by Crippen LogP contribution is 2.15. The molecule has 0 radical (unpaired) electrons. The van der Waals surface area contributed by atoms with E-state index in [1.807, 2.05) is 24.3 Å². The second kappa shape index (κ2) is 7.04. The topological polar surface area (TPSA) is 76.0 Å². The summed E-state index contributed by atoms with van der Waals surface area (Å²) in [5, 5.41) is 5.68. The summed E-state index contributed by atoms with van der Waals surface area (Å²) in [6.45, 7) is 3.78. The average molecular weight is 363 g/mol. The Morgan fingerprint density at radius 3 is 3.00 bits per heavy atom. The molecule has 0 aliphatic rings. The molecule has 114 valence electrons. The smallest absolute Gasteiger partial charge is 0.293 e. The van der Waals surface area contributed by atoms with Crippen LogP contribution in [-0.4, -0.2) is 15.5 Å². The molecule has 7 heteroatoms. The summed E-state index contributed by atoms with van der Waals surface area (Å²) in [6.07, 6.45) is 2.81. The Morgan fingerprint density at radius 2 is 2.27 bits per heavy atom. The minimum Gasteiger partial charge on any atom is -0.348 e. The van der Waals surface area contributed by atoms with Crippen molar-refractivity contribution in [3.8, 4) is 0 Å². The van der Waals surface area contributed by atoms with Gasteiger partial charge in [-0.2, -0.15) is 0 Å². The van der Waals surface area contributed by atoms with Crippen molar-refractivity contribution in [1.82, 2.24) is 14.9 Å². The number of nitrogens with one attached hydrogen (secondary N) is 2. The molecule has 0 saturated carbocycles. The average Bonchev–Trinajstić information content (AvgIpc) is 2.50. The van der Waals surface area contributed by atoms with Gasteiger partial charge in [-0.15, -0.1) is 0 Å². The van der Waals surface area contributed by atoms with Gasteiger partial charge in [0.05, 0.1) is 0 Å². The lowest BCUT2D eigenvalue weighted by Gasteiger charge is -2.09. The fourth-order valence-corrected chi connectivity index (χ4v) is 2.29. The highest BCUT2D eigenvalue weighted by Gasteiger charge is 2.06. The van der Waals surface area contributed by atoms with Crippen LogP contribution in [0.15, 0.2) is 52.5 Å². The molecule has 1 aromatic heterocycles. The predicted octanol–water partition coefficient (Wildman–Crippen LogP) is 2.09. The molecule has 22 heavy (non-hydrogen) atoms. The molecule has 0 aliphatic carbocycles. The molecular weight excluding hydrogens is 348 g/mol. The zero-order valence-electron chi connectivity index (χ0n) is 12.0. The van der Waals surface area contributed by atoms with Crippen molar-refractivity contribution < 1.29 is 4.79 Å². The van der Waals surface area contributed by atoms with E-state index in [0.717, 1.165) is 5.56 Å². The molecule has 6 nitrogen and oxygen atoms in total. The van der Waals surface area contributed by atoms with E-state index in [9.17, 15) is 9.59 Å². The van der Waals surface area contributed by atoms with Crippen LogP contribution in [0.4, 0.5) is 11.5 Å².